The van der Waals surface area contributed by atoms with Gasteiger partial charge in [-0.3, -0.25) is 4.79 Å². The lowest BCUT2D eigenvalue weighted by atomic mass is 9.48. The van der Waals surface area contributed by atoms with Crippen molar-refractivity contribution in [2.45, 2.75) is 104 Å². The summed E-state index contributed by atoms with van der Waals surface area (Å²) in [6, 6.07) is 0. The normalized spacial score (nSPS) is 55.9. The second-order valence-corrected chi connectivity index (χ2v) is 14.5. The SMILES string of the molecule is CC1(O)CCC2C(CCC3C2CCC2(C)C3C3C4C3(C)C42C(=O)Cn2cnc3c2CCCC3)C1. The quantitative estimate of drug-likeness (QED) is 0.671. The van der Waals surface area contributed by atoms with Crippen LogP contribution >= 0.6 is 0 Å². The molecule has 7 fully saturated rings. The molecule has 11 unspecified atom stereocenters. The number of carbonyl (C=O) groups excluding carboxylic acids is 1. The molecular formula is C30H42N2O2. The minimum atomic E-state index is -0.438. The number of aromatic nitrogens is 2. The molecule has 8 aliphatic rings. The Morgan fingerprint density at radius 2 is 1.79 bits per heavy atom. The Labute approximate surface area is 204 Å². The molecule has 11 atom stereocenters. The van der Waals surface area contributed by atoms with Crippen molar-refractivity contribution in [3.8, 4) is 0 Å². The number of Topliss-reactive ketones (excluding diaryl/α,β-unsaturated/α-hetero) is 1. The van der Waals surface area contributed by atoms with Crippen LogP contribution in [0.3, 0.4) is 0 Å². The highest BCUT2D eigenvalue weighted by Gasteiger charge is 3.05. The number of hydrogen-bond donors (Lipinski definition) is 1. The van der Waals surface area contributed by atoms with Crippen LogP contribution in [0.5, 0.6) is 0 Å². The molecule has 8 aliphatic carbocycles. The first kappa shape index (κ1) is 21.0. The van der Waals surface area contributed by atoms with E-state index in [0.717, 1.165) is 61.2 Å². The lowest BCUT2D eigenvalue weighted by Crippen LogP contribution is -2.51. The van der Waals surface area contributed by atoms with Crippen molar-refractivity contribution in [2.75, 3.05) is 0 Å². The van der Waals surface area contributed by atoms with Gasteiger partial charge in [-0.15, -0.1) is 0 Å². The number of imidazole rings is 1. The smallest absolute Gasteiger partial charge is 0.160 e. The van der Waals surface area contributed by atoms with Crippen LogP contribution in [0.1, 0.15) is 89.9 Å². The molecule has 0 aliphatic heterocycles. The van der Waals surface area contributed by atoms with Gasteiger partial charge in [0.05, 0.1) is 24.2 Å². The third kappa shape index (κ3) is 2.16. The van der Waals surface area contributed by atoms with Gasteiger partial charge in [0.1, 0.15) is 0 Å². The number of aliphatic hydroxyl groups is 1. The summed E-state index contributed by atoms with van der Waals surface area (Å²) in [4.78, 5) is 18.9. The molecule has 1 aromatic rings. The van der Waals surface area contributed by atoms with Gasteiger partial charge in [-0.05, 0) is 130 Å². The Kier molecular flexibility index (Phi) is 3.83. The highest BCUT2D eigenvalue weighted by Crippen LogP contribution is 3.06. The first-order valence-corrected chi connectivity index (χ1v) is 14.5. The van der Waals surface area contributed by atoms with Crippen molar-refractivity contribution in [3.05, 3.63) is 17.7 Å². The maximum Gasteiger partial charge on any atom is 0.160 e. The van der Waals surface area contributed by atoms with Crippen LogP contribution < -0.4 is 0 Å². The van der Waals surface area contributed by atoms with Crippen molar-refractivity contribution in [1.29, 1.82) is 0 Å². The van der Waals surface area contributed by atoms with Crippen molar-refractivity contribution in [2.24, 2.45) is 57.7 Å². The number of nitrogens with zero attached hydrogens (tertiary/aromatic N) is 2. The van der Waals surface area contributed by atoms with Crippen LogP contribution in [-0.4, -0.2) is 26.0 Å². The molecule has 0 spiro atoms. The Morgan fingerprint density at radius 1 is 1.03 bits per heavy atom. The maximum atomic E-state index is 14.2. The highest BCUT2D eigenvalue weighted by molar-refractivity contribution is 5.95. The van der Waals surface area contributed by atoms with Crippen LogP contribution in [-0.2, 0) is 24.2 Å². The fourth-order valence-corrected chi connectivity index (χ4v) is 12.4. The third-order valence-corrected chi connectivity index (χ3v) is 13.5. The average Bonchev–Trinajstić information content (AvgIpc) is 3.39. The van der Waals surface area contributed by atoms with Gasteiger partial charge in [0.15, 0.2) is 5.78 Å². The van der Waals surface area contributed by atoms with E-state index in [-0.39, 0.29) is 10.8 Å². The zero-order valence-electron chi connectivity index (χ0n) is 21.4. The van der Waals surface area contributed by atoms with E-state index in [1.807, 2.05) is 6.33 Å². The Morgan fingerprint density at radius 3 is 2.62 bits per heavy atom. The average molecular weight is 463 g/mol. The molecule has 0 radical (unpaired) electrons. The molecule has 0 saturated heterocycles. The van der Waals surface area contributed by atoms with E-state index in [9.17, 15) is 9.90 Å². The summed E-state index contributed by atoms with van der Waals surface area (Å²) >= 11 is 0. The number of carbonyl (C=O) groups is 1. The standard InChI is InChI=1S/C30H42N2O2/c1-27(34)12-10-18-17(14-27)8-9-20-19(18)11-13-28(2)24(20)25-26-29(25,3)30(26,28)23(33)15-32-16-31-21-6-4-5-7-22(21)32/h16-20,24-26,34H,4-15H2,1-3H3. The van der Waals surface area contributed by atoms with E-state index in [2.05, 4.69) is 25.3 Å². The first-order valence-electron chi connectivity index (χ1n) is 14.5. The third-order valence-electron chi connectivity index (χ3n) is 13.5. The minimum absolute atomic E-state index is 0.0425. The molecule has 2 bridgehead atoms. The van der Waals surface area contributed by atoms with Gasteiger partial charge in [0.25, 0.3) is 0 Å². The predicted molar refractivity (Wildman–Crippen MR) is 130 cm³/mol. The molecule has 34 heavy (non-hydrogen) atoms. The first-order chi connectivity index (χ1) is 16.2. The molecule has 0 amide bonds. The van der Waals surface area contributed by atoms with Gasteiger partial charge in [-0.25, -0.2) is 4.98 Å². The summed E-state index contributed by atoms with van der Waals surface area (Å²) in [5.41, 5.74) is 2.63. The molecule has 0 aromatic carbocycles. The molecule has 4 heteroatoms. The summed E-state index contributed by atoms with van der Waals surface area (Å²) in [5, 5.41) is 10.7. The van der Waals surface area contributed by atoms with E-state index in [0.29, 0.717) is 23.7 Å². The number of ketones is 1. The van der Waals surface area contributed by atoms with Gasteiger partial charge in [0.2, 0.25) is 0 Å². The van der Waals surface area contributed by atoms with Crippen molar-refractivity contribution >= 4 is 5.78 Å². The van der Waals surface area contributed by atoms with E-state index < -0.39 is 5.60 Å². The molecular weight excluding hydrogens is 420 g/mol. The van der Waals surface area contributed by atoms with Gasteiger partial charge >= 0.3 is 0 Å². The molecule has 4 nitrogen and oxygen atoms in total. The Bertz CT molecular complexity index is 1090. The van der Waals surface area contributed by atoms with Crippen LogP contribution in [0.25, 0.3) is 0 Å². The van der Waals surface area contributed by atoms with Gasteiger partial charge < -0.3 is 9.67 Å². The van der Waals surface area contributed by atoms with Crippen molar-refractivity contribution in [1.82, 2.24) is 9.55 Å². The predicted octanol–water partition coefficient (Wildman–Crippen LogP) is 5.21. The zero-order valence-corrected chi connectivity index (χ0v) is 21.4. The second kappa shape index (κ2) is 6.21. The lowest BCUT2D eigenvalue weighted by molar-refractivity contribution is -0.137. The summed E-state index contributed by atoms with van der Waals surface area (Å²) in [6.07, 6.45) is 15.1. The fraction of sp³-hybridized carbons (Fsp3) is 0.867. The van der Waals surface area contributed by atoms with E-state index in [1.165, 1.54) is 56.3 Å². The number of fused-ring (bicyclic) bond motifs is 4. The molecule has 1 heterocycles. The second-order valence-electron chi connectivity index (χ2n) is 14.5. The summed E-state index contributed by atoms with van der Waals surface area (Å²) < 4.78 is 2.24. The minimum Gasteiger partial charge on any atom is -0.390 e. The highest BCUT2D eigenvalue weighted by atomic mass is 16.3. The molecule has 184 valence electrons. The van der Waals surface area contributed by atoms with Crippen LogP contribution in [0.2, 0.25) is 0 Å². The van der Waals surface area contributed by atoms with Crippen LogP contribution in [0, 0.1) is 57.7 Å². The van der Waals surface area contributed by atoms with Crippen LogP contribution in [0.15, 0.2) is 6.33 Å². The number of rotatable bonds is 3. The largest absolute Gasteiger partial charge is 0.390 e. The fourth-order valence-electron chi connectivity index (χ4n) is 12.4. The van der Waals surface area contributed by atoms with E-state index >= 15 is 0 Å². The van der Waals surface area contributed by atoms with E-state index in [4.69, 9.17) is 4.98 Å². The van der Waals surface area contributed by atoms with Gasteiger partial charge in [-0.2, -0.15) is 0 Å². The summed E-state index contributed by atoms with van der Waals surface area (Å²) in [5.74, 6) is 6.04. The van der Waals surface area contributed by atoms with Gasteiger partial charge in [0, 0.05) is 11.1 Å². The Hall–Kier alpha value is -1.16. The Balaban J connectivity index is 1.08. The number of aryl methyl sites for hydroxylation is 1. The molecule has 9 rings (SSSR count). The summed E-state index contributed by atoms with van der Waals surface area (Å²) in [6.45, 7) is 7.68. The monoisotopic (exact) mass is 462 g/mol. The summed E-state index contributed by atoms with van der Waals surface area (Å²) in [7, 11) is 0. The van der Waals surface area contributed by atoms with Crippen molar-refractivity contribution < 1.29 is 9.90 Å². The van der Waals surface area contributed by atoms with Crippen LogP contribution in [0.4, 0.5) is 0 Å². The zero-order chi connectivity index (χ0) is 23.3. The lowest BCUT2D eigenvalue weighted by Gasteiger charge is -2.56. The molecule has 1 N–H and O–H groups in total. The number of hydrogen-bond acceptors (Lipinski definition) is 3. The topological polar surface area (TPSA) is 55.1 Å². The molecule has 7 saturated carbocycles. The molecule has 1 aromatic heterocycles. The van der Waals surface area contributed by atoms with Gasteiger partial charge in [-0.1, -0.05) is 13.8 Å². The van der Waals surface area contributed by atoms with Crippen molar-refractivity contribution in [3.63, 3.8) is 0 Å². The van der Waals surface area contributed by atoms with E-state index in [1.54, 1.807) is 0 Å². The maximum absolute atomic E-state index is 14.2.